The van der Waals surface area contributed by atoms with Crippen LogP contribution in [0.3, 0.4) is 0 Å². The van der Waals surface area contributed by atoms with Gasteiger partial charge in [-0.25, -0.2) is 0 Å². The van der Waals surface area contributed by atoms with E-state index in [-0.39, 0.29) is 5.78 Å². The van der Waals surface area contributed by atoms with Crippen molar-refractivity contribution in [2.75, 3.05) is 0 Å². The summed E-state index contributed by atoms with van der Waals surface area (Å²) in [6.45, 7) is 4.00. The molecule has 86 valence electrons. The van der Waals surface area contributed by atoms with Crippen molar-refractivity contribution in [3.63, 3.8) is 0 Å². The number of hydrogen-bond acceptors (Lipinski definition) is 1. The summed E-state index contributed by atoms with van der Waals surface area (Å²) in [6, 6.07) is 13.4. The van der Waals surface area contributed by atoms with Crippen LogP contribution < -0.4 is 0 Å². The molecule has 0 bridgehead atoms. The molecule has 2 aromatic rings. The third kappa shape index (κ3) is 2.47. The van der Waals surface area contributed by atoms with Gasteiger partial charge >= 0.3 is 0 Å². The van der Waals surface area contributed by atoms with Gasteiger partial charge in [0.1, 0.15) is 0 Å². The number of halogens is 1. The summed E-state index contributed by atoms with van der Waals surface area (Å²) in [5.74, 6) is 0.0648. The SMILES string of the molecule is Cc1ccc(C(=O)c2ccccc2Br)c(C)c1. The first kappa shape index (κ1) is 12.1. The molecule has 0 saturated carbocycles. The zero-order valence-electron chi connectivity index (χ0n) is 9.83. The zero-order valence-corrected chi connectivity index (χ0v) is 11.4. The molecule has 0 N–H and O–H groups in total. The smallest absolute Gasteiger partial charge is 0.194 e. The van der Waals surface area contributed by atoms with Crippen LogP contribution in [0, 0.1) is 13.8 Å². The summed E-state index contributed by atoms with van der Waals surface area (Å²) in [5, 5.41) is 0. The lowest BCUT2D eigenvalue weighted by Gasteiger charge is -2.07. The molecule has 0 fully saturated rings. The lowest BCUT2D eigenvalue weighted by molar-refractivity contribution is 0.103. The van der Waals surface area contributed by atoms with Crippen molar-refractivity contribution in [3.05, 3.63) is 69.2 Å². The Morgan fingerprint density at radius 1 is 1.00 bits per heavy atom. The molecule has 0 aliphatic carbocycles. The van der Waals surface area contributed by atoms with E-state index in [1.54, 1.807) is 0 Å². The molecule has 0 radical (unpaired) electrons. The van der Waals surface area contributed by atoms with Gasteiger partial charge in [0, 0.05) is 15.6 Å². The normalized spacial score (nSPS) is 10.3. The quantitative estimate of drug-likeness (QED) is 0.753. The number of aryl methyl sites for hydroxylation is 2. The van der Waals surface area contributed by atoms with Crippen molar-refractivity contribution in [3.8, 4) is 0 Å². The van der Waals surface area contributed by atoms with Crippen molar-refractivity contribution in [1.82, 2.24) is 0 Å². The van der Waals surface area contributed by atoms with Gasteiger partial charge in [0.2, 0.25) is 0 Å². The van der Waals surface area contributed by atoms with E-state index in [0.717, 1.165) is 15.6 Å². The molecule has 0 amide bonds. The Morgan fingerprint density at radius 2 is 1.71 bits per heavy atom. The molecule has 0 aromatic heterocycles. The average molecular weight is 289 g/mol. The van der Waals surface area contributed by atoms with Crippen LogP contribution in [0.25, 0.3) is 0 Å². The number of benzene rings is 2. The zero-order chi connectivity index (χ0) is 12.4. The fraction of sp³-hybridized carbons (Fsp3) is 0.133. The molecule has 2 heteroatoms. The van der Waals surface area contributed by atoms with Gasteiger partial charge in [-0.05, 0) is 31.5 Å². The van der Waals surface area contributed by atoms with Crippen LogP contribution >= 0.6 is 15.9 Å². The van der Waals surface area contributed by atoms with Gasteiger partial charge in [0.05, 0.1) is 0 Å². The maximum atomic E-state index is 12.4. The van der Waals surface area contributed by atoms with Gasteiger partial charge < -0.3 is 0 Å². The van der Waals surface area contributed by atoms with E-state index in [9.17, 15) is 4.79 Å². The summed E-state index contributed by atoms with van der Waals surface area (Å²) < 4.78 is 0.838. The topological polar surface area (TPSA) is 17.1 Å². The minimum absolute atomic E-state index is 0.0648. The van der Waals surface area contributed by atoms with Crippen molar-refractivity contribution in [2.45, 2.75) is 13.8 Å². The van der Waals surface area contributed by atoms with Crippen molar-refractivity contribution >= 4 is 21.7 Å². The minimum Gasteiger partial charge on any atom is -0.289 e. The lowest BCUT2D eigenvalue weighted by atomic mass is 9.98. The Labute approximate surface area is 110 Å². The van der Waals surface area contributed by atoms with Gasteiger partial charge in [-0.2, -0.15) is 0 Å². The van der Waals surface area contributed by atoms with Crippen LogP contribution in [0.1, 0.15) is 27.0 Å². The Kier molecular flexibility index (Phi) is 3.43. The number of carbonyl (C=O) groups is 1. The lowest BCUT2D eigenvalue weighted by Crippen LogP contribution is -2.04. The van der Waals surface area contributed by atoms with E-state index < -0.39 is 0 Å². The molecule has 0 aliphatic heterocycles. The number of carbonyl (C=O) groups excluding carboxylic acids is 1. The monoisotopic (exact) mass is 288 g/mol. The molecule has 0 spiro atoms. The number of rotatable bonds is 2. The molecular weight excluding hydrogens is 276 g/mol. The van der Waals surface area contributed by atoms with E-state index in [1.807, 2.05) is 56.3 Å². The second-order valence-corrected chi connectivity index (χ2v) is 4.98. The predicted octanol–water partition coefficient (Wildman–Crippen LogP) is 4.30. The van der Waals surface area contributed by atoms with Gasteiger partial charge in [-0.3, -0.25) is 4.79 Å². The first-order chi connectivity index (χ1) is 8.09. The van der Waals surface area contributed by atoms with Crippen LogP contribution in [-0.2, 0) is 0 Å². The molecule has 0 unspecified atom stereocenters. The van der Waals surface area contributed by atoms with E-state index in [0.29, 0.717) is 5.56 Å². The molecule has 0 heterocycles. The van der Waals surface area contributed by atoms with Crippen LogP contribution in [0.2, 0.25) is 0 Å². The van der Waals surface area contributed by atoms with Gasteiger partial charge in [0.15, 0.2) is 5.78 Å². The molecule has 0 atom stereocenters. The van der Waals surface area contributed by atoms with Gasteiger partial charge in [-0.15, -0.1) is 0 Å². The third-order valence-electron chi connectivity index (χ3n) is 2.75. The summed E-state index contributed by atoms with van der Waals surface area (Å²) in [7, 11) is 0. The van der Waals surface area contributed by atoms with E-state index in [4.69, 9.17) is 0 Å². The second-order valence-electron chi connectivity index (χ2n) is 4.13. The van der Waals surface area contributed by atoms with Gasteiger partial charge in [0.25, 0.3) is 0 Å². The minimum atomic E-state index is 0.0648. The first-order valence-electron chi connectivity index (χ1n) is 5.46. The number of ketones is 1. The fourth-order valence-electron chi connectivity index (χ4n) is 1.86. The Balaban J connectivity index is 2.48. The van der Waals surface area contributed by atoms with Crippen LogP contribution in [0.15, 0.2) is 46.9 Å². The Hall–Kier alpha value is -1.41. The molecule has 2 rings (SSSR count). The second kappa shape index (κ2) is 4.84. The fourth-order valence-corrected chi connectivity index (χ4v) is 2.32. The van der Waals surface area contributed by atoms with Crippen LogP contribution in [-0.4, -0.2) is 5.78 Å². The standard InChI is InChI=1S/C15H13BrO/c1-10-7-8-12(11(2)9-10)15(17)13-5-3-4-6-14(13)16/h3-9H,1-2H3. The number of hydrogen-bond donors (Lipinski definition) is 0. The Morgan fingerprint density at radius 3 is 2.35 bits per heavy atom. The summed E-state index contributed by atoms with van der Waals surface area (Å²) in [5.41, 5.74) is 3.67. The highest BCUT2D eigenvalue weighted by Gasteiger charge is 2.13. The molecule has 1 nitrogen and oxygen atoms in total. The van der Waals surface area contributed by atoms with Crippen LogP contribution in [0.4, 0.5) is 0 Å². The maximum Gasteiger partial charge on any atom is 0.194 e. The molecule has 0 aliphatic rings. The molecular formula is C15H13BrO. The summed E-state index contributed by atoms with van der Waals surface area (Å²) >= 11 is 3.41. The van der Waals surface area contributed by atoms with E-state index >= 15 is 0 Å². The highest BCUT2D eigenvalue weighted by molar-refractivity contribution is 9.10. The van der Waals surface area contributed by atoms with E-state index in [1.165, 1.54) is 5.56 Å². The highest BCUT2D eigenvalue weighted by Crippen LogP contribution is 2.21. The molecule has 0 saturated heterocycles. The average Bonchev–Trinajstić information content (AvgIpc) is 2.29. The largest absolute Gasteiger partial charge is 0.289 e. The summed E-state index contributed by atoms with van der Waals surface area (Å²) in [6.07, 6.45) is 0. The maximum absolute atomic E-state index is 12.4. The molecule has 2 aromatic carbocycles. The molecule has 17 heavy (non-hydrogen) atoms. The van der Waals surface area contributed by atoms with Crippen molar-refractivity contribution in [2.24, 2.45) is 0 Å². The highest BCUT2D eigenvalue weighted by atomic mass is 79.9. The van der Waals surface area contributed by atoms with E-state index in [2.05, 4.69) is 15.9 Å². The van der Waals surface area contributed by atoms with Gasteiger partial charge in [-0.1, -0.05) is 51.8 Å². The first-order valence-corrected chi connectivity index (χ1v) is 6.25. The van der Waals surface area contributed by atoms with Crippen LogP contribution in [0.5, 0.6) is 0 Å². The predicted molar refractivity (Wildman–Crippen MR) is 73.5 cm³/mol. The third-order valence-corrected chi connectivity index (χ3v) is 3.44. The van der Waals surface area contributed by atoms with Crippen molar-refractivity contribution in [1.29, 1.82) is 0 Å². The Bertz CT molecular complexity index is 573. The summed E-state index contributed by atoms with van der Waals surface area (Å²) in [4.78, 5) is 12.4. The van der Waals surface area contributed by atoms with Crippen molar-refractivity contribution < 1.29 is 4.79 Å².